The van der Waals surface area contributed by atoms with Crippen LogP contribution in [0.4, 0.5) is 4.70 Å². The lowest BCUT2D eigenvalue weighted by molar-refractivity contribution is -0.137. The zero-order valence-corrected chi connectivity index (χ0v) is 9.83. The highest BCUT2D eigenvalue weighted by molar-refractivity contribution is 5.66. The van der Waals surface area contributed by atoms with Crippen molar-refractivity contribution >= 4 is 5.97 Å². The van der Waals surface area contributed by atoms with Gasteiger partial charge in [0.15, 0.2) is 0 Å². The van der Waals surface area contributed by atoms with Gasteiger partial charge in [-0.05, 0) is 6.42 Å². The molecular weight excluding hydrogens is 195 g/mol. The van der Waals surface area contributed by atoms with Crippen LogP contribution in [0.15, 0.2) is 0 Å². The molecule has 0 saturated heterocycles. The third-order valence-electron chi connectivity index (χ3n) is 2.49. The van der Waals surface area contributed by atoms with Crippen molar-refractivity contribution in [2.45, 2.75) is 71.1 Å². The Morgan fingerprint density at radius 1 is 0.867 bits per heavy atom. The van der Waals surface area contributed by atoms with Gasteiger partial charge in [-0.2, -0.15) is 0 Å². The molecule has 0 unspecified atom stereocenters. The molecule has 92 valence electrons. The molecule has 0 bridgehead atoms. The molecule has 0 radical (unpaired) electrons. The van der Waals surface area contributed by atoms with Gasteiger partial charge in [0.05, 0.1) is 0 Å². The van der Waals surface area contributed by atoms with Crippen molar-refractivity contribution in [3.05, 3.63) is 0 Å². The zero-order valence-electron chi connectivity index (χ0n) is 9.83. The minimum atomic E-state index is -0.659. The van der Waals surface area contributed by atoms with Crippen LogP contribution >= 0.6 is 0 Å². The zero-order chi connectivity index (χ0) is 10.6. The predicted molar refractivity (Wildman–Crippen MR) is 62.0 cm³/mol. The molecule has 1 N–H and O–H groups in total. The number of rotatable bonds is 10. The van der Waals surface area contributed by atoms with E-state index in [4.69, 9.17) is 5.11 Å². The summed E-state index contributed by atoms with van der Waals surface area (Å²) >= 11 is 0. The van der Waals surface area contributed by atoms with Crippen LogP contribution in [-0.2, 0) is 4.79 Å². The SMILES string of the molecule is CCCCCCCCCCCC(=O)O.F. The van der Waals surface area contributed by atoms with E-state index >= 15 is 0 Å². The fraction of sp³-hybridized carbons (Fsp3) is 0.917. The first-order valence-electron chi connectivity index (χ1n) is 5.99. The van der Waals surface area contributed by atoms with Crippen LogP contribution < -0.4 is 0 Å². The average Bonchev–Trinajstić information content (AvgIpc) is 2.15. The first-order valence-corrected chi connectivity index (χ1v) is 5.99. The van der Waals surface area contributed by atoms with Crippen molar-refractivity contribution in [2.24, 2.45) is 0 Å². The molecule has 2 nitrogen and oxygen atoms in total. The lowest BCUT2D eigenvalue weighted by Gasteiger charge is -2.00. The van der Waals surface area contributed by atoms with Gasteiger partial charge in [0, 0.05) is 6.42 Å². The summed E-state index contributed by atoms with van der Waals surface area (Å²) in [4.78, 5) is 10.2. The van der Waals surface area contributed by atoms with Crippen LogP contribution in [0.25, 0.3) is 0 Å². The maximum atomic E-state index is 10.2. The maximum absolute atomic E-state index is 10.2. The van der Waals surface area contributed by atoms with Gasteiger partial charge in [-0.15, -0.1) is 0 Å². The monoisotopic (exact) mass is 220 g/mol. The van der Waals surface area contributed by atoms with Crippen molar-refractivity contribution in [3.63, 3.8) is 0 Å². The molecular formula is C12H25FO2. The van der Waals surface area contributed by atoms with Crippen LogP contribution in [0.3, 0.4) is 0 Å². The molecule has 0 aromatic rings. The topological polar surface area (TPSA) is 37.3 Å². The molecule has 0 fully saturated rings. The summed E-state index contributed by atoms with van der Waals surface area (Å²) in [6.07, 6.45) is 11.5. The number of carboxylic acids is 1. The van der Waals surface area contributed by atoms with Gasteiger partial charge < -0.3 is 5.11 Å². The fourth-order valence-electron chi connectivity index (χ4n) is 1.59. The van der Waals surface area contributed by atoms with Crippen LogP contribution in [0, 0.1) is 0 Å². The van der Waals surface area contributed by atoms with Gasteiger partial charge in [-0.25, -0.2) is 0 Å². The van der Waals surface area contributed by atoms with Gasteiger partial charge in [-0.1, -0.05) is 58.3 Å². The Bertz CT molecular complexity index is 138. The van der Waals surface area contributed by atoms with Gasteiger partial charge >= 0.3 is 5.97 Å². The second-order valence-electron chi connectivity index (χ2n) is 3.97. The van der Waals surface area contributed by atoms with Gasteiger partial charge in [0.25, 0.3) is 0 Å². The van der Waals surface area contributed by atoms with Crippen molar-refractivity contribution in [2.75, 3.05) is 0 Å². The Hall–Kier alpha value is -0.600. The highest BCUT2D eigenvalue weighted by Crippen LogP contribution is 2.10. The van der Waals surface area contributed by atoms with Crippen LogP contribution in [-0.4, -0.2) is 11.1 Å². The Kier molecular flexibility index (Phi) is 15.0. The molecule has 0 aliphatic heterocycles. The Balaban J connectivity index is 0. The number of halogens is 1. The third-order valence-corrected chi connectivity index (χ3v) is 2.49. The third kappa shape index (κ3) is 16.1. The molecule has 0 heterocycles. The van der Waals surface area contributed by atoms with E-state index < -0.39 is 5.97 Å². The van der Waals surface area contributed by atoms with Gasteiger partial charge in [0.2, 0.25) is 0 Å². The van der Waals surface area contributed by atoms with Crippen LogP contribution in [0.2, 0.25) is 0 Å². The summed E-state index contributed by atoms with van der Waals surface area (Å²) < 4.78 is 0. The van der Waals surface area contributed by atoms with E-state index in [2.05, 4.69) is 6.92 Å². The van der Waals surface area contributed by atoms with E-state index in [0.29, 0.717) is 6.42 Å². The van der Waals surface area contributed by atoms with E-state index in [0.717, 1.165) is 12.8 Å². The van der Waals surface area contributed by atoms with E-state index in [1.165, 1.54) is 44.9 Å². The standard InChI is InChI=1S/C12H24O2.FH/c1-2-3-4-5-6-7-8-9-10-11-12(13)14;/h2-11H2,1H3,(H,13,14);1H. The smallest absolute Gasteiger partial charge is 0.303 e. The highest BCUT2D eigenvalue weighted by atomic mass is 19.0. The second kappa shape index (κ2) is 13.4. The fourth-order valence-corrected chi connectivity index (χ4v) is 1.59. The molecule has 0 spiro atoms. The second-order valence-corrected chi connectivity index (χ2v) is 3.97. The van der Waals surface area contributed by atoms with Crippen molar-refractivity contribution in [1.82, 2.24) is 0 Å². The molecule has 0 aromatic heterocycles. The minimum absolute atomic E-state index is 0. The lowest BCUT2D eigenvalue weighted by atomic mass is 10.1. The molecule has 3 heteroatoms. The molecule has 15 heavy (non-hydrogen) atoms. The normalized spacial score (nSPS) is 9.67. The summed E-state index contributed by atoms with van der Waals surface area (Å²) in [5.74, 6) is -0.659. The van der Waals surface area contributed by atoms with Crippen LogP contribution in [0.1, 0.15) is 71.1 Å². The summed E-state index contributed by atoms with van der Waals surface area (Å²) in [7, 11) is 0. The summed E-state index contributed by atoms with van der Waals surface area (Å²) in [6, 6.07) is 0. The number of aliphatic carboxylic acids is 1. The summed E-state index contributed by atoms with van der Waals surface area (Å²) in [6.45, 7) is 2.23. The van der Waals surface area contributed by atoms with E-state index in [9.17, 15) is 4.79 Å². The predicted octanol–water partition coefficient (Wildman–Crippen LogP) is 4.14. The Morgan fingerprint density at radius 2 is 1.27 bits per heavy atom. The highest BCUT2D eigenvalue weighted by Gasteiger charge is 1.96. The summed E-state index contributed by atoms with van der Waals surface area (Å²) in [5.41, 5.74) is 0. The lowest BCUT2D eigenvalue weighted by Crippen LogP contribution is -1.93. The van der Waals surface area contributed by atoms with Gasteiger partial charge in [-0.3, -0.25) is 9.50 Å². The molecule has 0 aromatic carbocycles. The number of carboxylic acid groups (broad SMARTS) is 1. The number of hydrogen-bond donors (Lipinski definition) is 1. The van der Waals surface area contributed by atoms with Crippen molar-refractivity contribution in [1.29, 1.82) is 0 Å². The van der Waals surface area contributed by atoms with E-state index in [1.807, 2.05) is 0 Å². The summed E-state index contributed by atoms with van der Waals surface area (Å²) in [5, 5.41) is 8.41. The molecule has 0 aliphatic rings. The first kappa shape index (κ1) is 16.8. The molecule has 0 rings (SSSR count). The molecule has 0 amide bonds. The van der Waals surface area contributed by atoms with E-state index in [1.54, 1.807) is 0 Å². The molecule has 0 atom stereocenters. The maximum Gasteiger partial charge on any atom is 0.303 e. The Labute approximate surface area is 92.4 Å². The van der Waals surface area contributed by atoms with Crippen molar-refractivity contribution in [3.8, 4) is 0 Å². The van der Waals surface area contributed by atoms with Crippen molar-refractivity contribution < 1.29 is 14.6 Å². The quantitative estimate of drug-likeness (QED) is 0.562. The van der Waals surface area contributed by atoms with E-state index in [-0.39, 0.29) is 4.70 Å². The largest absolute Gasteiger partial charge is 0.481 e. The molecule has 0 aliphatic carbocycles. The van der Waals surface area contributed by atoms with Gasteiger partial charge in [0.1, 0.15) is 0 Å². The Morgan fingerprint density at radius 3 is 1.67 bits per heavy atom. The number of unbranched alkanes of at least 4 members (excludes halogenated alkanes) is 8. The average molecular weight is 220 g/mol. The first-order chi connectivity index (χ1) is 6.77. The number of carbonyl (C=O) groups is 1. The minimum Gasteiger partial charge on any atom is -0.481 e. The van der Waals surface area contributed by atoms with Crippen LogP contribution in [0.5, 0.6) is 0 Å². The number of hydrogen-bond acceptors (Lipinski definition) is 1. The molecule has 0 saturated carbocycles.